The largest absolute Gasteiger partial charge is 0.341 e. The van der Waals surface area contributed by atoms with Gasteiger partial charge in [-0.15, -0.1) is 0 Å². The number of hydrogen-bond donors (Lipinski definition) is 1. The second-order valence-corrected chi connectivity index (χ2v) is 5.25. The van der Waals surface area contributed by atoms with Crippen LogP contribution in [0, 0.1) is 11.8 Å². The third-order valence-corrected chi connectivity index (χ3v) is 3.83. The van der Waals surface area contributed by atoms with Crippen LogP contribution in [0.3, 0.4) is 0 Å². The van der Waals surface area contributed by atoms with Crippen molar-refractivity contribution in [1.82, 2.24) is 14.7 Å². The van der Waals surface area contributed by atoms with Crippen molar-refractivity contribution >= 4 is 5.91 Å². The smallest absolute Gasteiger partial charge is 0.226 e. The van der Waals surface area contributed by atoms with Gasteiger partial charge in [0.2, 0.25) is 5.91 Å². The molecule has 0 aromatic carbocycles. The zero-order chi connectivity index (χ0) is 13.1. The summed E-state index contributed by atoms with van der Waals surface area (Å²) in [5.74, 6) is 0.720. The van der Waals surface area contributed by atoms with E-state index in [1.54, 1.807) is 15.8 Å². The predicted octanol–water partition coefficient (Wildman–Crippen LogP) is 0.754. The first kappa shape index (κ1) is 13.1. The Labute approximate surface area is 108 Å². The average molecular weight is 250 g/mol. The number of rotatable bonds is 4. The van der Waals surface area contributed by atoms with E-state index in [1.807, 2.05) is 20.3 Å². The molecule has 5 heteroatoms. The second kappa shape index (κ2) is 5.52. The molecule has 1 aliphatic carbocycles. The Bertz CT molecular complexity index is 415. The topological polar surface area (TPSA) is 64.2 Å². The zero-order valence-electron chi connectivity index (χ0n) is 11.2. The zero-order valence-corrected chi connectivity index (χ0v) is 11.2. The first-order chi connectivity index (χ1) is 8.61. The maximum atomic E-state index is 12.4. The van der Waals surface area contributed by atoms with Crippen molar-refractivity contribution in [2.75, 3.05) is 13.6 Å². The summed E-state index contributed by atoms with van der Waals surface area (Å²) >= 11 is 0. The Hall–Kier alpha value is -1.36. The van der Waals surface area contributed by atoms with Gasteiger partial charge < -0.3 is 10.6 Å². The summed E-state index contributed by atoms with van der Waals surface area (Å²) in [6, 6.07) is 0. The third kappa shape index (κ3) is 2.72. The fraction of sp³-hybridized carbons (Fsp3) is 0.692. The molecule has 2 unspecified atom stereocenters. The molecule has 1 saturated carbocycles. The number of hydrogen-bond acceptors (Lipinski definition) is 3. The third-order valence-electron chi connectivity index (χ3n) is 3.83. The molecule has 1 aliphatic rings. The van der Waals surface area contributed by atoms with Crippen LogP contribution in [0.15, 0.2) is 12.4 Å². The fourth-order valence-electron chi connectivity index (χ4n) is 2.83. The van der Waals surface area contributed by atoms with E-state index in [2.05, 4.69) is 5.10 Å². The van der Waals surface area contributed by atoms with Crippen LogP contribution in [0.4, 0.5) is 0 Å². The lowest BCUT2D eigenvalue weighted by molar-refractivity contribution is -0.135. The van der Waals surface area contributed by atoms with Crippen LogP contribution in [0.2, 0.25) is 0 Å². The minimum atomic E-state index is 0.122. The van der Waals surface area contributed by atoms with Crippen LogP contribution >= 0.6 is 0 Å². The van der Waals surface area contributed by atoms with Crippen LogP contribution < -0.4 is 5.73 Å². The standard InChI is InChI=1S/C13H22N4O/c1-16(8-10-7-15-17(2)9-10)13(18)12-5-3-4-11(12)6-14/h7,9,11-12H,3-6,8,14H2,1-2H3. The molecule has 100 valence electrons. The molecule has 1 aromatic heterocycles. The molecule has 18 heavy (non-hydrogen) atoms. The van der Waals surface area contributed by atoms with Gasteiger partial charge in [0, 0.05) is 38.3 Å². The van der Waals surface area contributed by atoms with Gasteiger partial charge in [-0.25, -0.2) is 0 Å². The average Bonchev–Trinajstić information content (AvgIpc) is 2.96. The molecule has 2 N–H and O–H groups in total. The number of aryl methyl sites for hydroxylation is 1. The lowest BCUT2D eigenvalue weighted by Crippen LogP contribution is -2.36. The van der Waals surface area contributed by atoms with Gasteiger partial charge in [0.15, 0.2) is 0 Å². The summed E-state index contributed by atoms with van der Waals surface area (Å²) in [6.07, 6.45) is 6.95. The summed E-state index contributed by atoms with van der Waals surface area (Å²) in [4.78, 5) is 14.2. The van der Waals surface area contributed by atoms with Crippen LogP contribution in [0.25, 0.3) is 0 Å². The van der Waals surface area contributed by atoms with Crippen molar-refractivity contribution in [3.63, 3.8) is 0 Å². The highest BCUT2D eigenvalue weighted by molar-refractivity contribution is 5.79. The highest BCUT2D eigenvalue weighted by Gasteiger charge is 2.33. The molecule has 1 fully saturated rings. The molecule has 0 spiro atoms. The van der Waals surface area contributed by atoms with E-state index in [9.17, 15) is 4.79 Å². The predicted molar refractivity (Wildman–Crippen MR) is 69.6 cm³/mol. The Morgan fingerprint density at radius 1 is 1.61 bits per heavy atom. The van der Waals surface area contributed by atoms with Crippen molar-refractivity contribution in [3.05, 3.63) is 18.0 Å². The Morgan fingerprint density at radius 2 is 2.39 bits per heavy atom. The summed E-state index contributed by atoms with van der Waals surface area (Å²) in [7, 11) is 3.74. The molecule has 5 nitrogen and oxygen atoms in total. The molecular formula is C13H22N4O. The molecule has 2 rings (SSSR count). The molecule has 2 atom stereocenters. The van der Waals surface area contributed by atoms with Gasteiger partial charge in [0.1, 0.15) is 0 Å². The van der Waals surface area contributed by atoms with Crippen molar-refractivity contribution < 1.29 is 4.79 Å². The van der Waals surface area contributed by atoms with E-state index < -0.39 is 0 Å². The van der Waals surface area contributed by atoms with Crippen molar-refractivity contribution in [3.8, 4) is 0 Å². The van der Waals surface area contributed by atoms with Gasteiger partial charge in [-0.05, 0) is 25.3 Å². The Balaban J connectivity index is 1.96. The van der Waals surface area contributed by atoms with Crippen LogP contribution in [-0.4, -0.2) is 34.2 Å². The lowest BCUT2D eigenvalue weighted by atomic mass is 9.95. The van der Waals surface area contributed by atoms with Gasteiger partial charge in [-0.3, -0.25) is 9.48 Å². The Morgan fingerprint density at radius 3 is 3.00 bits per heavy atom. The monoisotopic (exact) mass is 250 g/mol. The molecule has 1 aromatic rings. The molecule has 0 radical (unpaired) electrons. The van der Waals surface area contributed by atoms with Gasteiger partial charge in [-0.2, -0.15) is 5.10 Å². The summed E-state index contributed by atoms with van der Waals surface area (Å²) in [5, 5.41) is 4.12. The van der Waals surface area contributed by atoms with E-state index in [-0.39, 0.29) is 11.8 Å². The highest BCUT2D eigenvalue weighted by atomic mass is 16.2. The highest BCUT2D eigenvalue weighted by Crippen LogP contribution is 2.32. The second-order valence-electron chi connectivity index (χ2n) is 5.25. The van der Waals surface area contributed by atoms with Crippen LogP contribution in [0.5, 0.6) is 0 Å². The van der Waals surface area contributed by atoms with E-state index in [1.165, 1.54) is 0 Å². The van der Waals surface area contributed by atoms with E-state index in [4.69, 9.17) is 5.73 Å². The van der Waals surface area contributed by atoms with E-state index >= 15 is 0 Å². The molecular weight excluding hydrogens is 228 g/mol. The first-order valence-electron chi connectivity index (χ1n) is 6.54. The van der Waals surface area contributed by atoms with Gasteiger partial charge >= 0.3 is 0 Å². The number of nitrogens with zero attached hydrogens (tertiary/aromatic N) is 3. The number of aromatic nitrogens is 2. The van der Waals surface area contributed by atoms with Crippen molar-refractivity contribution in [2.45, 2.75) is 25.8 Å². The number of amides is 1. The van der Waals surface area contributed by atoms with Crippen molar-refractivity contribution in [2.24, 2.45) is 24.6 Å². The van der Waals surface area contributed by atoms with Gasteiger partial charge in [0.25, 0.3) is 0 Å². The SMILES string of the molecule is CN(Cc1cnn(C)c1)C(=O)C1CCCC1CN. The molecule has 0 aliphatic heterocycles. The van der Waals surface area contributed by atoms with Gasteiger partial charge in [-0.1, -0.05) is 6.42 Å². The van der Waals surface area contributed by atoms with E-state index in [0.29, 0.717) is 19.0 Å². The number of carbonyl (C=O) groups excluding carboxylic acids is 1. The van der Waals surface area contributed by atoms with E-state index in [0.717, 1.165) is 24.8 Å². The summed E-state index contributed by atoms with van der Waals surface area (Å²) in [6.45, 7) is 1.25. The molecule has 0 bridgehead atoms. The Kier molecular flexibility index (Phi) is 4.01. The quantitative estimate of drug-likeness (QED) is 0.857. The summed E-state index contributed by atoms with van der Waals surface area (Å²) < 4.78 is 1.76. The number of carbonyl (C=O) groups is 1. The normalized spacial score (nSPS) is 23.3. The fourth-order valence-corrected chi connectivity index (χ4v) is 2.83. The minimum absolute atomic E-state index is 0.122. The summed E-state index contributed by atoms with van der Waals surface area (Å²) in [5.41, 5.74) is 6.80. The molecule has 1 heterocycles. The molecule has 1 amide bonds. The maximum absolute atomic E-state index is 12.4. The van der Waals surface area contributed by atoms with Crippen LogP contribution in [-0.2, 0) is 18.4 Å². The van der Waals surface area contributed by atoms with Crippen LogP contribution in [0.1, 0.15) is 24.8 Å². The lowest BCUT2D eigenvalue weighted by Gasteiger charge is -2.24. The first-order valence-corrected chi connectivity index (χ1v) is 6.54. The molecule has 0 saturated heterocycles. The minimum Gasteiger partial charge on any atom is -0.341 e. The van der Waals surface area contributed by atoms with Crippen molar-refractivity contribution in [1.29, 1.82) is 0 Å². The number of nitrogens with two attached hydrogens (primary N) is 1. The maximum Gasteiger partial charge on any atom is 0.226 e. The van der Waals surface area contributed by atoms with Gasteiger partial charge in [0.05, 0.1) is 6.20 Å².